The van der Waals surface area contributed by atoms with Crippen LogP contribution in [0.3, 0.4) is 0 Å². The number of aryl methyl sites for hydroxylation is 1. The van der Waals surface area contributed by atoms with E-state index in [0.717, 1.165) is 0 Å². The van der Waals surface area contributed by atoms with Crippen LogP contribution in [0.15, 0.2) is 12.5 Å². The summed E-state index contributed by atoms with van der Waals surface area (Å²) in [5.41, 5.74) is 5.47. The predicted octanol–water partition coefficient (Wildman–Crippen LogP) is 0.646. The summed E-state index contributed by atoms with van der Waals surface area (Å²) >= 11 is 1.25. The maximum atomic E-state index is 5.47. The summed E-state index contributed by atoms with van der Waals surface area (Å²) in [6.07, 6.45) is 3.08. The van der Waals surface area contributed by atoms with E-state index in [0.29, 0.717) is 10.2 Å². The molecule has 2 N–H and O–H groups in total. The van der Waals surface area contributed by atoms with Crippen molar-refractivity contribution < 1.29 is 4.74 Å². The van der Waals surface area contributed by atoms with E-state index < -0.39 is 0 Å². The summed E-state index contributed by atoms with van der Waals surface area (Å²) in [6, 6.07) is 0.275. The van der Waals surface area contributed by atoms with Crippen molar-refractivity contribution >= 4 is 16.3 Å². The average molecular weight is 197 g/mol. The molecule has 0 aliphatic rings. The van der Waals surface area contributed by atoms with Gasteiger partial charge in [-0.25, -0.2) is 4.98 Å². The highest BCUT2D eigenvalue weighted by atomic mass is 32.1. The van der Waals surface area contributed by atoms with Crippen LogP contribution < -0.4 is 10.5 Å². The minimum atomic E-state index is 0.275. The number of hydrogen-bond donors (Lipinski definition) is 1. The Morgan fingerprint density at radius 2 is 2.38 bits per heavy atom. The molecule has 0 unspecified atom stereocenters. The van der Waals surface area contributed by atoms with Crippen LogP contribution >= 0.6 is 11.3 Å². The fraction of sp³-hybridized carbons (Fsp3) is 0.167. The van der Waals surface area contributed by atoms with Crippen LogP contribution in [0.5, 0.6) is 11.2 Å². The van der Waals surface area contributed by atoms with Gasteiger partial charge in [0.1, 0.15) is 11.3 Å². The first-order valence-corrected chi connectivity index (χ1v) is 4.30. The predicted molar refractivity (Wildman–Crippen MR) is 47.6 cm³/mol. The molecule has 2 aromatic rings. The van der Waals surface area contributed by atoms with E-state index in [4.69, 9.17) is 10.5 Å². The highest BCUT2D eigenvalue weighted by molar-refractivity contribution is 7.17. The molecular formula is C6H7N5OS. The number of rotatable bonds is 2. The second kappa shape index (κ2) is 3.02. The summed E-state index contributed by atoms with van der Waals surface area (Å²) < 4.78 is 6.75. The van der Waals surface area contributed by atoms with Crippen LogP contribution in [0, 0.1) is 0 Å². The number of nitrogens with two attached hydrogens (primary N) is 1. The topological polar surface area (TPSA) is 78.8 Å². The number of aromatic nitrogens is 4. The molecule has 0 bridgehead atoms. The normalized spacial score (nSPS) is 10.2. The molecule has 0 aromatic carbocycles. The largest absolute Gasteiger partial charge is 0.394 e. The van der Waals surface area contributed by atoms with Crippen LogP contribution in [0.1, 0.15) is 0 Å². The summed E-state index contributed by atoms with van der Waals surface area (Å²) in [7, 11) is 1.76. The lowest BCUT2D eigenvalue weighted by Crippen LogP contribution is -1.89. The van der Waals surface area contributed by atoms with Crippen molar-refractivity contribution in [1.82, 2.24) is 19.7 Å². The molecule has 2 heterocycles. The number of ether oxygens (including phenoxy) is 1. The maximum Gasteiger partial charge on any atom is 0.342 e. The highest BCUT2D eigenvalue weighted by Crippen LogP contribution is 2.25. The monoisotopic (exact) mass is 197 g/mol. The van der Waals surface area contributed by atoms with E-state index in [1.165, 1.54) is 17.5 Å². The molecule has 0 saturated carbocycles. The molecule has 7 heteroatoms. The fourth-order valence-corrected chi connectivity index (χ4v) is 1.29. The third-order valence-electron chi connectivity index (χ3n) is 1.26. The molecule has 0 spiro atoms. The molecule has 0 aliphatic carbocycles. The van der Waals surface area contributed by atoms with E-state index in [2.05, 4.69) is 15.1 Å². The van der Waals surface area contributed by atoms with Crippen molar-refractivity contribution in [3.05, 3.63) is 12.5 Å². The summed E-state index contributed by atoms with van der Waals surface area (Å²) in [4.78, 5) is 7.78. The van der Waals surface area contributed by atoms with Gasteiger partial charge in [-0.3, -0.25) is 4.68 Å². The van der Waals surface area contributed by atoms with Gasteiger partial charge in [-0.2, -0.15) is 4.98 Å². The highest BCUT2D eigenvalue weighted by Gasteiger charge is 2.04. The smallest absolute Gasteiger partial charge is 0.342 e. The third-order valence-corrected chi connectivity index (χ3v) is 1.96. The molecule has 0 atom stereocenters. The molecule has 13 heavy (non-hydrogen) atoms. The molecule has 6 nitrogen and oxygen atoms in total. The average Bonchev–Trinajstić information content (AvgIpc) is 2.62. The van der Waals surface area contributed by atoms with Crippen molar-refractivity contribution in [2.45, 2.75) is 0 Å². The summed E-state index contributed by atoms with van der Waals surface area (Å²) in [5.74, 6) is 0. The first-order chi connectivity index (χ1) is 6.24. The second-order valence-corrected chi connectivity index (χ2v) is 3.36. The van der Waals surface area contributed by atoms with Gasteiger partial charge < -0.3 is 10.5 Å². The van der Waals surface area contributed by atoms with Crippen molar-refractivity contribution in [2.75, 3.05) is 5.73 Å². The number of anilines is 1. The maximum absolute atomic E-state index is 5.47. The van der Waals surface area contributed by atoms with Gasteiger partial charge >= 0.3 is 6.01 Å². The quantitative estimate of drug-likeness (QED) is 0.764. The van der Waals surface area contributed by atoms with E-state index in [-0.39, 0.29) is 6.01 Å². The molecule has 2 aromatic heterocycles. The Labute approximate surface area is 78.0 Å². The molecule has 0 radical (unpaired) electrons. The molecule has 2 rings (SSSR count). The van der Waals surface area contributed by atoms with Gasteiger partial charge in [-0.05, 0) is 0 Å². The van der Waals surface area contributed by atoms with Crippen molar-refractivity contribution in [1.29, 1.82) is 0 Å². The Bertz CT molecular complexity index is 370. The molecule has 0 fully saturated rings. The number of thiazole rings is 1. The van der Waals surface area contributed by atoms with E-state index in [1.54, 1.807) is 18.1 Å². The Balaban J connectivity index is 2.14. The van der Waals surface area contributed by atoms with Gasteiger partial charge in [0, 0.05) is 7.05 Å². The Morgan fingerprint density at radius 3 is 2.92 bits per heavy atom. The van der Waals surface area contributed by atoms with Crippen LogP contribution in [0.25, 0.3) is 0 Å². The molecule has 0 amide bonds. The zero-order valence-corrected chi connectivity index (χ0v) is 7.65. The van der Waals surface area contributed by atoms with Gasteiger partial charge in [0.05, 0.1) is 6.20 Å². The van der Waals surface area contributed by atoms with Gasteiger partial charge in [0.25, 0.3) is 5.19 Å². The minimum absolute atomic E-state index is 0.275. The Kier molecular flexibility index (Phi) is 1.85. The number of nitrogen functional groups attached to an aromatic ring is 1. The van der Waals surface area contributed by atoms with Crippen molar-refractivity contribution in [2.24, 2.45) is 7.05 Å². The van der Waals surface area contributed by atoms with Crippen LogP contribution in [0.2, 0.25) is 0 Å². The zero-order chi connectivity index (χ0) is 9.26. The number of hydrogen-bond acceptors (Lipinski definition) is 6. The SMILES string of the molecule is Cn1cnc(Oc2ncc(N)s2)n1. The van der Waals surface area contributed by atoms with E-state index in [1.807, 2.05) is 0 Å². The fourth-order valence-electron chi connectivity index (χ4n) is 0.761. The first kappa shape index (κ1) is 7.99. The standard InChI is InChI=1S/C6H7N5OS/c1-11-3-9-5(10-11)12-6-8-2-4(7)13-6/h2-3H,7H2,1H3. The van der Waals surface area contributed by atoms with Gasteiger partial charge in [0.15, 0.2) is 0 Å². The second-order valence-electron chi connectivity index (χ2n) is 2.33. The lowest BCUT2D eigenvalue weighted by atomic mass is 10.9. The molecule has 68 valence electrons. The van der Waals surface area contributed by atoms with Crippen molar-refractivity contribution in [3.8, 4) is 11.2 Å². The van der Waals surface area contributed by atoms with Gasteiger partial charge in [0.2, 0.25) is 0 Å². The summed E-state index contributed by atoms with van der Waals surface area (Å²) in [5, 5.41) is 4.97. The van der Waals surface area contributed by atoms with E-state index in [9.17, 15) is 0 Å². The van der Waals surface area contributed by atoms with Crippen LogP contribution in [-0.2, 0) is 7.05 Å². The van der Waals surface area contributed by atoms with Crippen LogP contribution in [-0.4, -0.2) is 19.7 Å². The summed E-state index contributed by atoms with van der Waals surface area (Å²) in [6.45, 7) is 0. The molecule has 0 saturated heterocycles. The van der Waals surface area contributed by atoms with Crippen LogP contribution in [0.4, 0.5) is 5.00 Å². The first-order valence-electron chi connectivity index (χ1n) is 3.49. The zero-order valence-electron chi connectivity index (χ0n) is 6.84. The molecular weight excluding hydrogens is 190 g/mol. The Hall–Kier alpha value is -1.63. The molecule has 0 aliphatic heterocycles. The van der Waals surface area contributed by atoms with Gasteiger partial charge in [-0.15, -0.1) is 5.10 Å². The third kappa shape index (κ3) is 1.75. The van der Waals surface area contributed by atoms with Gasteiger partial charge in [-0.1, -0.05) is 11.3 Å². The minimum Gasteiger partial charge on any atom is -0.394 e. The Morgan fingerprint density at radius 1 is 1.54 bits per heavy atom. The number of nitrogens with zero attached hydrogens (tertiary/aromatic N) is 4. The van der Waals surface area contributed by atoms with Crippen molar-refractivity contribution in [3.63, 3.8) is 0 Å². The van der Waals surface area contributed by atoms with E-state index >= 15 is 0 Å². The lowest BCUT2D eigenvalue weighted by molar-refractivity contribution is 0.436. The lowest BCUT2D eigenvalue weighted by Gasteiger charge is -1.91.